The van der Waals surface area contributed by atoms with Gasteiger partial charge in [-0.2, -0.15) is 0 Å². The summed E-state index contributed by atoms with van der Waals surface area (Å²) in [7, 11) is 11.8. The molecule has 1 aliphatic rings. The Bertz CT molecular complexity index is 819. The summed E-state index contributed by atoms with van der Waals surface area (Å²) in [5.74, 6) is 0.565. The molecule has 2 rings (SSSR count). The van der Waals surface area contributed by atoms with Crippen molar-refractivity contribution in [3.63, 3.8) is 0 Å². The highest BCUT2D eigenvalue weighted by Crippen LogP contribution is 2.43. The fourth-order valence-corrected chi connectivity index (χ4v) is 5.82. The Morgan fingerprint density at radius 1 is 1.18 bits per heavy atom. The second kappa shape index (κ2) is 17.7. The van der Waals surface area contributed by atoms with E-state index in [2.05, 4.69) is 48.6 Å². The van der Waals surface area contributed by atoms with Crippen LogP contribution in [-0.4, -0.2) is 154 Å². The molecule has 1 saturated heterocycles. The van der Waals surface area contributed by atoms with E-state index in [0.717, 1.165) is 44.6 Å². The Labute approximate surface area is 234 Å². The summed E-state index contributed by atoms with van der Waals surface area (Å²) in [5, 5.41) is 21.8. The minimum atomic E-state index is -0.770. The molecule has 2 unspecified atom stereocenters. The number of aromatic nitrogens is 2. The maximum atomic E-state index is 12.1. The quantitative estimate of drug-likeness (QED) is 0.0711. The number of rotatable bonds is 22. The fourth-order valence-electron chi connectivity index (χ4n) is 5.82. The van der Waals surface area contributed by atoms with E-state index in [1.54, 1.807) is 0 Å². The third-order valence-corrected chi connectivity index (χ3v) is 8.08. The number of nitrogens with zero attached hydrogens (tertiary/aromatic N) is 4. The van der Waals surface area contributed by atoms with Crippen LogP contribution in [0.25, 0.3) is 0 Å². The van der Waals surface area contributed by atoms with Gasteiger partial charge in [0.15, 0.2) is 0 Å². The molecule has 20 heteroatoms. The van der Waals surface area contributed by atoms with E-state index in [-0.39, 0.29) is 19.1 Å². The minimum Gasteiger partial charge on any atom is -0.390 e. The van der Waals surface area contributed by atoms with Gasteiger partial charge in [-0.1, -0.05) is 30.0 Å². The summed E-state index contributed by atoms with van der Waals surface area (Å²) in [6, 6.07) is 0. The van der Waals surface area contributed by atoms with Crippen LogP contribution in [0.1, 0.15) is 19.3 Å². The molecule has 1 aliphatic heterocycles. The van der Waals surface area contributed by atoms with Crippen LogP contribution in [0, 0.1) is 10.1 Å². The highest BCUT2D eigenvalue weighted by atomic mass is 19.1. The van der Waals surface area contributed by atoms with Crippen molar-refractivity contribution in [2.75, 3.05) is 52.7 Å². The number of alkyl halides is 1. The standard InChI is InChI=1S/C18H41B10FN4O5/c19-25(20)27(23)28(26(21)22)24-13-16(24)3-1-2-6-31(8-10-38-12-11-37-9-4-29)14-17(34)15-32-7-5-30-18(32)33(35)36/h5,7,16-17,34H,1-4,6,8-15,19-23H2. The molecule has 38 heavy (non-hydrogen) atoms. The summed E-state index contributed by atoms with van der Waals surface area (Å²) in [5.41, 5.74) is 0. The minimum absolute atomic E-state index is 0.0816. The van der Waals surface area contributed by atoms with Crippen LogP contribution in [0.2, 0.25) is 12.1 Å². The number of hydrogen-bond donors (Lipinski definition) is 1. The average molecular weight is 521 g/mol. The summed E-state index contributed by atoms with van der Waals surface area (Å²) in [6.07, 6.45) is 9.88. The fraction of sp³-hybridized carbons (Fsp3) is 0.833. The molecule has 0 spiro atoms. The van der Waals surface area contributed by atoms with E-state index in [1.807, 2.05) is 0 Å². The Hall–Kier alpha value is -0.971. The molecule has 2 heterocycles. The van der Waals surface area contributed by atoms with Crippen molar-refractivity contribution < 1.29 is 23.9 Å². The molecule has 9 nitrogen and oxygen atoms in total. The van der Waals surface area contributed by atoms with Crippen molar-refractivity contribution >= 4 is 76.8 Å². The maximum absolute atomic E-state index is 12.1. The second-order valence-corrected chi connectivity index (χ2v) is 11.6. The van der Waals surface area contributed by atoms with Crippen LogP contribution < -0.4 is 0 Å². The first kappa shape index (κ1) is 33.2. The number of unbranched alkanes of at least 4 members (excludes halogenated alkanes) is 1. The van der Waals surface area contributed by atoms with Gasteiger partial charge in [-0.15, -0.1) is 0 Å². The zero-order valence-electron chi connectivity index (χ0n) is 24.1. The zero-order chi connectivity index (χ0) is 28.1. The third-order valence-electron chi connectivity index (χ3n) is 8.08. The van der Waals surface area contributed by atoms with Crippen LogP contribution >= 0.6 is 0 Å². The van der Waals surface area contributed by atoms with Gasteiger partial charge in [-0.3, -0.25) is 4.90 Å². The summed E-state index contributed by atoms with van der Waals surface area (Å²) >= 11 is 0. The molecule has 1 N–H and O–H groups in total. The number of aliphatic hydroxyl groups is 1. The van der Waals surface area contributed by atoms with Gasteiger partial charge in [-0.05, 0) is 17.9 Å². The number of nitro groups is 1. The second-order valence-electron chi connectivity index (χ2n) is 11.6. The van der Waals surface area contributed by atoms with Gasteiger partial charge in [0, 0.05) is 38.6 Å². The van der Waals surface area contributed by atoms with Gasteiger partial charge in [0.2, 0.25) is 0 Å². The number of hydrogen-bond acceptors (Lipinski definition) is 7. The van der Waals surface area contributed by atoms with Crippen LogP contribution in [0.5, 0.6) is 0 Å². The van der Waals surface area contributed by atoms with Crippen molar-refractivity contribution in [1.29, 1.82) is 0 Å². The van der Waals surface area contributed by atoms with Crippen LogP contribution in [0.3, 0.4) is 0 Å². The predicted molar refractivity (Wildman–Crippen MR) is 173 cm³/mol. The average Bonchev–Trinajstić information content (AvgIpc) is 3.44. The highest BCUT2D eigenvalue weighted by molar-refractivity contribution is 8.01. The van der Waals surface area contributed by atoms with E-state index in [4.69, 9.17) is 9.47 Å². The molecular formula is C18H41B10FN4O5. The van der Waals surface area contributed by atoms with Crippen molar-refractivity contribution in [2.24, 2.45) is 0 Å². The van der Waals surface area contributed by atoms with Gasteiger partial charge >= 0.3 is 5.95 Å². The smallest absolute Gasteiger partial charge is 0.390 e. The Balaban J connectivity index is 1.80. The molecule has 0 aromatic carbocycles. The molecule has 0 amide bonds. The van der Waals surface area contributed by atoms with Crippen molar-refractivity contribution in [1.82, 2.24) is 14.5 Å². The molecular weight excluding hydrogens is 479 g/mol. The first-order valence-electron chi connectivity index (χ1n) is 14.4. The van der Waals surface area contributed by atoms with Crippen molar-refractivity contribution in [2.45, 2.75) is 44.0 Å². The molecule has 1 aromatic heterocycles. The number of aliphatic hydroxyl groups excluding tert-OH is 1. The largest absolute Gasteiger partial charge is 0.434 e. The molecule has 2 atom stereocenters. The van der Waals surface area contributed by atoms with Gasteiger partial charge in [0.25, 0.3) is 0 Å². The normalized spacial score (nSPS) is 15.4. The van der Waals surface area contributed by atoms with E-state index in [0.29, 0.717) is 45.7 Å². The van der Waals surface area contributed by atoms with E-state index < -0.39 is 17.7 Å². The Morgan fingerprint density at radius 2 is 1.89 bits per heavy atom. The molecule has 0 radical (unpaired) electrons. The third kappa shape index (κ3) is 11.6. The van der Waals surface area contributed by atoms with Gasteiger partial charge in [0.1, 0.15) is 19.1 Å². The SMILES string of the molecule is BB(B)B(B)B(B(B)B)B1CC1CCCCN(CCOCCOCCF)CC(O)Cn1ccnc1[N+](=O)[O-]. The Kier molecular flexibility index (Phi) is 15.4. The number of ether oxygens (including phenoxy) is 2. The van der Waals surface area contributed by atoms with E-state index in [9.17, 15) is 19.6 Å². The lowest BCUT2D eigenvalue weighted by molar-refractivity contribution is -0.397. The predicted octanol–water partition coefficient (Wildman–Crippen LogP) is -4.55. The van der Waals surface area contributed by atoms with Crippen molar-refractivity contribution in [3.05, 3.63) is 22.5 Å². The van der Waals surface area contributed by atoms with Crippen molar-refractivity contribution in [3.8, 4) is 0 Å². The van der Waals surface area contributed by atoms with Crippen LogP contribution in [0.15, 0.2) is 12.4 Å². The van der Waals surface area contributed by atoms with Gasteiger partial charge in [0.05, 0.1) is 84.4 Å². The molecule has 0 saturated carbocycles. The topological polar surface area (TPSA) is 103 Å². The van der Waals surface area contributed by atoms with Crippen LogP contribution in [0.4, 0.5) is 10.3 Å². The number of imidazole rings is 1. The summed E-state index contributed by atoms with van der Waals surface area (Å²) in [6.45, 7) is 3.63. The van der Waals surface area contributed by atoms with E-state index in [1.165, 1.54) is 29.7 Å². The van der Waals surface area contributed by atoms with E-state index >= 15 is 0 Å². The first-order valence-corrected chi connectivity index (χ1v) is 14.4. The summed E-state index contributed by atoms with van der Waals surface area (Å²) < 4.78 is 24.2. The lowest BCUT2D eigenvalue weighted by Crippen LogP contribution is -2.63. The highest BCUT2D eigenvalue weighted by Gasteiger charge is 2.49. The first-order chi connectivity index (χ1) is 18.1. The van der Waals surface area contributed by atoms with Gasteiger partial charge in [-0.25, -0.2) is 8.96 Å². The lowest BCUT2D eigenvalue weighted by atomic mass is 8.57. The molecule has 200 valence electrons. The molecule has 1 aromatic rings. The zero-order valence-corrected chi connectivity index (χ0v) is 24.1. The van der Waals surface area contributed by atoms with Crippen LogP contribution in [-0.2, 0) is 16.0 Å². The monoisotopic (exact) mass is 522 g/mol. The van der Waals surface area contributed by atoms with Gasteiger partial charge < -0.3 is 24.7 Å². The maximum Gasteiger partial charge on any atom is 0.434 e. The number of halogens is 1. The molecule has 0 aliphatic carbocycles. The molecule has 0 bridgehead atoms. The molecule has 1 fully saturated rings. The Morgan fingerprint density at radius 3 is 2.53 bits per heavy atom. The summed E-state index contributed by atoms with van der Waals surface area (Å²) in [4.78, 5) is 16.5. The lowest BCUT2D eigenvalue weighted by Gasteiger charge is -2.25.